The highest BCUT2D eigenvalue weighted by molar-refractivity contribution is 6.05. The van der Waals surface area contributed by atoms with E-state index in [0.717, 1.165) is 33.2 Å². The number of nitrogens with zero attached hydrogens (tertiary/aromatic N) is 1. The molecule has 6 rings (SSSR count). The lowest BCUT2D eigenvalue weighted by molar-refractivity contribution is 0.102. The number of nitrogens with one attached hydrogen (secondary N) is 1. The van der Waals surface area contributed by atoms with Crippen LogP contribution in [0.3, 0.4) is 0 Å². The van der Waals surface area contributed by atoms with Crippen LogP contribution in [-0.4, -0.2) is 10.9 Å². The minimum atomic E-state index is -0.451. The highest BCUT2D eigenvalue weighted by Crippen LogP contribution is 2.29. The maximum atomic E-state index is 13.2. The number of fused-ring (bicyclic) bond motifs is 2. The standard InChI is InChI=1S/C31H22N2O4/c1-18-10-13-25-28(14-18)36-30(33-25)23-12-11-19(2)26(17-23)32-29(34)22-8-5-7-20(15-22)24-16-21-6-3-4-9-27(21)37-31(24)35/h3-17H,1-2H3,(H,32,34). The number of para-hydroxylation sites is 1. The predicted molar refractivity (Wildman–Crippen MR) is 145 cm³/mol. The van der Waals surface area contributed by atoms with Gasteiger partial charge in [-0.1, -0.05) is 42.5 Å². The van der Waals surface area contributed by atoms with Crippen LogP contribution in [0.1, 0.15) is 21.5 Å². The predicted octanol–water partition coefficient (Wildman–Crippen LogP) is 7.14. The second-order valence-corrected chi connectivity index (χ2v) is 9.04. The molecule has 0 aliphatic carbocycles. The number of hydrogen-bond donors (Lipinski definition) is 1. The smallest absolute Gasteiger partial charge is 0.344 e. The molecule has 6 heteroatoms. The molecule has 0 saturated heterocycles. The van der Waals surface area contributed by atoms with Gasteiger partial charge in [0.15, 0.2) is 5.58 Å². The van der Waals surface area contributed by atoms with Crippen molar-refractivity contribution in [2.45, 2.75) is 13.8 Å². The summed E-state index contributed by atoms with van der Waals surface area (Å²) in [6, 6.07) is 27.6. The average molecular weight is 487 g/mol. The number of oxazole rings is 1. The lowest BCUT2D eigenvalue weighted by atomic mass is 10.0. The Morgan fingerprint density at radius 2 is 1.65 bits per heavy atom. The molecule has 4 aromatic carbocycles. The molecule has 180 valence electrons. The number of aromatic nitrogens is 1. The van der Waals surface area contributed by atoms with Crippen molar-refractivity contribution in [2.24, 2.45) is 0 Å². The minimum absolute atomic E-state index is 0.291. The van der Waals surface area contributed by atoms with Crippen LogP contribution in [0, 0.1) is 13.8 Å². The Bertz CT molecular complexity index is 1880. The summed E-state index contributed by atoms with van der Waals surface area (Å²) in [5, 5.41) is 3.81. The first-order valence-electron chi connectivity index (χ1n) is 11.9. The number of benzene rings is 4. The quantitative estimate of drug-likeness (QED) is 0.268. The van der Waals surface area contributed by atoms with E-state index < -0.39 is 5.63 Å². The molecule has 0 spiro atoms. The molecule has 0 saturated carbocycles. The van der Waals surface area contributed by atoms with Crippen LogP contribution in [-0.2, 0) is 0 Å². The molecule has 6 aromatic rings. The summed E-state index contributed by atoms with van der Waals surface area (Å²) in [4.78, 5) is 30.4. The summed E-state index contributed by atoms with van der Waals surface area (Å²) in [6.45, 7) is 3.92. The van der Waals surface area contributed by atoms with E-state index in [4.69, 9.17) is 8.83 Å². The maximum absolute atomic E-state index is 13.2. The first-order chi connectivity index (χ1) is 17.9. The molecule has 1 N–H and O–H groups in total. The van der Waals surface area contributed by atoms with Crippen molar-refractivity contribution in [3.8, 4) is 22.6 Å². The minimum Gasteiger partial charge on any atom is -0.436 e. The molecule has 0 aliphatic heterocycles. The molecule has 0 bridgehead atoms. The third kappa shape index (κ3) is 4.29. The van der Waals surface area contributed by atoms with E-state index in [9.17, 15) is 9.59 Å². The van der Waals surface area contributed by atoms with Gasteiger partial charge in [0.1, 0.15) is 11.1 Å². The fraction of sp³-hybridized carbons (Fsp3) is 0.0645. The van der Waals surface area contributed by atoms with Crippen LogP contribution in [0.5, 0.6) is 0 Å². The number of amides is 1. The molecule has 1 amide bonds. The Morgan fingerprint density at radius 3 is 2.54 bits per heavy atom. The van der Waals surface area contributed by atoms with Gasteiger partial charge in [-0.05, 0) is 79.1 Å². The van der Waals surface area contributed by atoms with Gasteiger partial charge in [0.05, 0.1) is 5.56 Å². The molecule has 0 aliphatic rings. The van der Waals surface area contributed by atoms with Crippen LogP contribution in [0.2, 0.25) is 0 Å². The summed E-state index contributed by atoms with van der Waals surface area (Å²) >= 11 is 0. The van der Waals surface area contributed by atoms with E-state index in [-0.39, 0.29) is 5.91 Å². The largest absolute Gasteiger partial charge is 0.436 e. The third-order valence-corrected chi connectivity index (χ3v) is 6.35. The summed E-state index contributed by atoms with van der Waals surface area (Å²) in [5.74, 6) is 0.196. The van der Waals surface area contributed by atoms with Crippen molar-refractivity contribution < 1.29 is 13.6 Å². The number of aryl methyl sites for hydroxylation is 2. The maximum Gasteiger partial charge on any atom is 0.344 e. The normalized spacial score (nSPS) is 11.2. The van der Waals surface area contributed by atoms with Crippen molar-refractivity contribution in [2.75, 3.05) is 5.32 Å². The molecule has 0 fully saturated rings. The molecule has 0 unspecified atom stereocenters. The number of anilines is 1. The highest BCUT2D eigenvalue weighted by atomic mass is 16.4. The van der Waals surface area contributed by atoms with Gasteiger partial charge in [0, 0.05) is 22.2 Å². The lowest BCUT2D eigenvalue weighted by Crippen LogP contribution is -2.13. The van der Waals surface area contributed by atoms with Crippen molar-refractivity contribution in [1.82, 2.24) is 4.98 Å². The fourth-order valence-corrected chi connectivity index (χ4v) is 4.33. The second kappa shape index (κ2) is 8.91. The van der Waals surface area contributed by atoms with Gasteiger partial charge in [0.2, 0.25) is 5.89 Å². The number of carbonyl (C=O) groups is 1. The monoisotopic (exact) mass is 486 g/mol. The van der Waals surface area contributed by atoms with Crippen LogP contribution >= 0.6 is 0 Å². The van der Waals surface area contributed by atoms with Gasteiger partial charge in [-0.15, -0.1) is 0 Å². The van der Waals surface area contributed by atoms with Gasteiger partial charge < -0.3 is 14.2 Å². The van der Waals surface area contributed by atoms with Crippen LogP contribution < -0.4 is 10.9 Å². The van der Waals surface area contributed by atoms with Gasteiger partial charge in [0.25, 0.3) is 5.91 Å². The van der Waals surface area contributed by atoms with Crippen LogP contribution in [0.15, 0.2) is 105 Å². The van der Waals surface area contributed by atoms with E-state index in [1.807, 2.05) is 68.4 Å². The topological polar surface area (TPSA) is 85.3 Å². The van der Waals surface area contributed by atoms with Gasteiger partial charge in [-0.25, -0.2) is 9.78 Å². The lowest BCUT2D eigenvalue weighted by Gasteiger charge is -2.11. The Hall–Kier alpha value is -4.97. The van der Waals surface area contributed by atoms with Crippen LogP contribution in [0.4, 0.5) is 5.69 Å². The highest BCUT2D eigenvalue weighted by Gasteiger charge is 2.15. The van der Waals surface area contributed by atoms with Crippen molar-refractivity contribution in [3.05, 3.63) is 118 Å². The fourth-order valence-electron chi connectivity index (χ4n) is 4.33. The second-order valence-electron chi connectivity index (χ2n) is 9.04. The number of hydrogen-bond acceptors (Lipinski definition) is 5. The Kier molecular flexibility index (Phi) is 5.42. The third-order valence-electron chi connectivity index (χ3n) is 6.35. The first kappa shape index (κ1) is 22.5. The molecule has 37 heavy (non-hydrogen) atoms. The SMILES string of the molecule is Cc1ccc2nc(-c3ccc(C)c(NC(=O)c4cccc(-c5cc6ccccc6oc5=O)c4)c3)oc2c1. The van der Waals surface area contributed by atoms with Crippen LogP contribution in [0.25, 0.3) is 44.7 Å². The van der Waals surface area contributed by atoms with Gasteiger partial charge in [-0.3, -0.25) is 4.79 Å². The number of carbonyl (C=O) groups excluding carboxylic acids is 1. The summed E-state index contributed by atoms with van der Waals surface area (Å²) in [5.41, 5.74) is 6.41. The zero-order chi connectivity index (χ0) is 25.5. The van der Waals surface area contributed by atoms with E-state index >= 15 is 0 Å². The molecular formula is C31H22N2O4. The molecular weight excluding hydrogens is 464 g/mol. The van der Waals surface area contributed by atoms with Crippen molar-refractivity contribution in [3.63, 3.8) is 0 Å². The summed E-state index contributed by atoms with van der Waals surface area (Å²) in [6.07, 6.45) is 0. The Morgan fingerprint density at radius 1 is 0.784 bits per heavy atom. The van der Waals surface area contributed by atoms with E-state index in [1.165, 1.54) is 0 Å². The van der Waals surface area contributed by atoms with E-state index in [2.05, 4.69) is 10.3 Å². The molecule has 2 heterocycles. The van der Waals surface area contributed by atoms with E-state index in [1.54, 1.807) is 36.4 Å². The molecule has 2 aromatic heterocycles. The molecule has 0 radical (unpaired) electrons. The van der Waals surface area contributed by atoms with Crippen molar-refractivity contribution in [1.29, 1.82) is 0 Å². The van der Waals surface area contributed by atoms with Gasteiger partial charge >= 0.3 is 5.63 Å². The average Bonchev–Trinajstić information content (AvgIpc) is 3.33. The first-order valence-corrected chi connectivity index (χ1v) is 11.9. The summed E-state index contributed by atoms with van der Waals surface area (Å²) in [7, 11) is 0. The zero-order valence-electron chi connectivity index (χ0n) is 20.2. The summed E-state index contributed by atoms with van der Waals surface area (Å²) < 4.78 is 11.4. The van der Waals surface area contributed by atoms with E-state index in [0.29, 0.717) is 33.9 Å². The number of rotatable bonds is 4. The Labute approximate surface area is 212 Å². The molecule has 0 atom stereocenters. The van der Waals surface area contributed by atoms with Crippen molar-refractivity contribution >= 4 is 33.7 Å². The van der Waals surface area contributed by atoms with Gasteiger partial charge in [-0.2, -0.15) is 0 Å². The Balaban J connectivity index is 1.31. The molecule has 6 nitrogen and oxygen atoms in total. The zero-order valence-corrected chi connectivity index (χ0v) is 20.2.